The Hall–Kier alpha value is -3.26. The van der Waals surface area contributed by atoms with Crippen LogP contribution in [0.3, 0.4) is 0 Å². The predicted octanol–water partition coefficient (Wildman–Crippen LogP) is 1.94. The molecule has 5 N–H and O–H groups in total. The molecule has 0 spiro atoms. The monoisotopic (exact) mass is 573 g/mol. The topological polar surface area (TPSA) is 206 Å². The van der Waals surface area contributed by atoms with Crippen LogP contribution in [0.4, 0.5) is 9.18 Å². The fraction of sp³-hybridized carbons (Fsp3) is 0.731. The molecule has 224 valence electrons. The number of aliphatic carboxylic acids is 4. The maximum absolute atomic E-state index is 14.7. The Morgan fingerprint density at radius 2 is 1.62 bits per heavy atom. The highest BCUT2D eigenvalue weighted by Crippen LogP contribution is 2.68. The van der Waals surface area contributed by atoms with Gasteiger partial charge in [-0.25, -0.2) is 18.8 Å². The predicted molar refractivity (Wildman–Crippen MR) is 132 cm³/mol. The van der Waals surface area contributed by atoms with Crippen LogP contribution in [0.2, 0.25) is 0 Å². The third-order valence-electron chi connectivity index (χ3n) is 8.39. The van der Waals surface area contributed by atoms with Gasteiger partial charge in [0.25, 0.3) is 0 Å². The molecular formula is C26H36FNO12. The quantitative estimate of drug-likeness (QED) is 0.200. The van der Waals surface area contributed by atoms with E-state index in [-0.39, 0.29) is 25.6 Å². The van der Waals surface area contributed by atoms with Gasteiger partial charge in [0.05, 0.1) is 23.5 Å². The van der Waals surface area contributed by atoms with Crippen molar-refractivity contribution in [3.63, 3.8) is 0 Å². The first-order valence-corrected chi connectivity index (χ1v) is 13.2. The van der Waals surface area contributed by atoms with E-state index in [1.165, 1.54) is 6.08 Å². The Morgan fingerprint density at radius 3 is 2.10 bits per heavy atom. The molecule has 0 aromatic carbocycles. The molecule has 13 nitrogen and oxygen atoms in total. The lowest BCUT2D eigenvalue weighted by atomic mass is 9.86. The summed E-state index contributed by atoms with van der Waals surface area (Å²) in [5.74, 6) is -8.96. The van der Waals surface area contributed by atoms with Crippen molar-refractivity contribution in [2.45, 2.75) is 68.9 Å². The van der Waals surface area contributed by atoms with Crippen LogP contribution in [0.5, 0.6) is 0 Å². The standard InChI is InChI=1S/C15H20FNO7.C11H16O5/c1-3-5-23-9-7-8-10(14(8,16)11(18)19)15(9,12(20)21)17-13(22)24-6-4-2;1-2-5-16-11-6(8(11)10(14)15)3-4-7(11)9(12)13/h4,8-10H,2-3,5-7H2,1H3,(H,17,22)(H,18,19)(H,20,21);6-8H,2-5H2,1H3,(H,12,13)(H,14,15)/t;6-,7+,8+,11-/m.1/s1. The average molecular weight is 574 g/mol. The molecule has 4 fully saturated rings. The van der Waals surface area contributed by atoms with E-state index in [0.717, 1.165) is 6.42 Å². The fourth-order valence-electron chi connectivity index (χ4n) is 6.72. The van der Waals surface area contributed by atoms with E-state index >= 15 is 0 Å². The average Bonchev–Trinajstić information content (AvgIpc) is 3.58. The van der Waals surface area contributed by atoms with Crippen LogP contribution < -0.4 is 5.32 Å². The maximum atomic E-state index is 14.7. The van der Waals surface area contributed by atoms with Crippen molar-refractivity contribution in [2.75, 3.05) is 19.8 Å². The van der Waals surface area contributed by atoms with Crippen LogP contribution in [-0.4, -0.2) is 93.1 Å². The molecule has 0 aromatic rings. The highest BCUT2D eigenvalue weighted by atomic mass is 19.1. The zero-order chi connectivity index (χ0) is 30.0. The molecule has 4 aliphatic carbocycles. The Labute approximate surface area is 229 Å². The van der Waals surface area contributed by atoms with Gasteiger partial charge < -0.3 is 40.0 Å². The number of alkyl carbamates (subject to hydrolysis) is 1. The summed E-state index contributed by atoms with van der Waals surface area (Å²) in [6.07, 6.45) is 1.58. The number of carbonyl (C=O) groups excluding carboxylic acids is 1. The molecule has 0 aliphatic heterocycles. The zero-order valence-corrected chi connectivity index (χ0v) is 22.3. The lowest BCUT2D eigenvalue weighted by Gasteiger charge is -2.35. The van der Waals surface area contributed by atoms with Crippen molar-refractivity contribution < 1.29 is 63.0 Å². The number of amides is 1. The number of rotatable bonds is 13. The van der Waals surface area contributed by atoms with E-state index in [0.29, 0.717) is 25.9 Å². The maximum Gasteiger partial charge on any atom is 0.408 e. The number of alkyl halides is 1. The summed E-state index contributed by atoms with van der Waals surface area (Å²) in [4.78, 5) is 57.1. The van der Waals surface area contributed by atoms with Gasteiger partial charge in [0.2, 0.25) is 5.67 Å². The van der Waals surface area contributed by atoms with Crippen molar-refractivity contribution in [3.8, 4) is 0 Å². The Balaban J connectivity index is 0.000000238. The van der Waals surface area contributed by atoms with Gasteiger partial charge in [-0.1, -0.05) is 26.5 Å². The number of carbonyl (C=O) groups is 5. The summed E-state index contributed by atoms with van der Waals surface area (Å²) in [5.41, 5.74) is -5.80. The van der Waals surface area contributed by atoms with Gasteiger partial charge in [-0.05, 0) is 32.1 Å². The summed E-state index contributed by atoms with van der Waals surface area (Å²) in [7, 11) is 0. The second-order valence-electron chi connectivity index (χ2n) is 10.5. The SMILES string of the molecule is C=CCOC(=O)NC1(C(=O)O)C(OCCC)CC2C1C2(F)C(=O)O.CCCO[C@]12[C@H](CC[C@H]1C(=O)O)[C@H]2C(=O)O. The molecule has 5 unspecified atom stereocenters. The van der Waals surface area contributed by atoms with Crippen molar-refractivity contribution >= 4 is 30.0 Å². The van der Waals surface area contributed by atoms with Crippen LogP contribution >= 0.6 is 0 Å². The van der Waals surface area contributed by atoms with Gasteiger partial charge in [0.1, 0.15) is 6.61 Å². The van der Waals surface area contributed by atoms with Gasteiger partial charge in [-0.3, -0.25) is 9.59 Å². The molecule has 4 rings (SSSR count). The molecule has 14 heteroatoms. The number of halogens is 1. The van der Waals surface area contributed by atoms with Gasteiger partial charge in [-0.2, -0.15) is 0 Å². The smallest absolute Gasteiger partial charge is 0.408 e. The third kappa shape index (κ3) is 4.91. The first-order valence-electron chi connectivity index (χ1n) is 13.2. The molecule has 0 aromatic heterocycles. The molecule has 40 heavy (non-hydrogen) atoms. The third-order valence-corrected chi connectivity index (χ3v) is 8.39. The van der Waals surface area contributed by atoms with Crippen LogP contribution in [0, 0.1) is 29.6 Å². The Morgan fingerprint density at radius 1 is 0.975 bits per heavy atom. The Kier molecular flexibility index (Phi) is 9.14. The molecule has 1 amide bonds. The van der Waals surface area contributed by atoms with Crippen molar-refractivity contribution in [1.29, 1.82) is 0 Å². The highest BCUT2D eigenvalue weighted by Gasteiger charge is 2.86. The molecule has 9 atom stereocenters. The molecule has 0 radical (unpaired) electrons. The van der Waals surface area contributed by atoms with Crippen LogP contribution in [0.25, 0.3) is 0 Å². The van der Waals surface area contributed by atoms with Gasteiger partial charge >= 0.3 is 30.0 Å². The normalized spacial score (nSPS) is 38.1. The Bertz CT molecular complexity index is 1050. The van der Waals surface area contributed by atoms with Crippen LogP contribution in [0.15, 0.2) is 12.7 Å². The number of hydrogen-bond acceptors (Lipinski definition) is 8. The first kappa shape index (κ1) is 31.3. The van der Waals surface area contributed by atoms with Gasteiger partial charge in [0.15, 0.2) is 5.54 Å². The molecule has 0 heterocycles. The summed E-state index contributed by atoms with van der Waals surface area (Å²) >= 11 is 0. The molecular weight excluding hydrogens is 537 g/mol. The largest absolute Gasteiger partial charge is 0.481 e. The second-order valence-corrected chi connectivity index (χ2v) is 10.5. The minimum Gasteiger partial charge on any atom is -0.481 e. The van der Waals surface area contributed by atoms with Crippen molar-refractivity contribution in [1.82, 2.24) is 5.32 Å². The van der Waals surface area contributed by atoms with Gasteiger partial charge in [-0.15, -0.1) is 0 Å². The van der Waals surface area contributed by atoms with Crippen LogP contribution in [0.1, 0.15) is 46.0 Å². The minimum atomic E-state index is -2.70. The van der Waals surface area contributed by atoms with E-state index in [1.807, 2.05) is 6.92 Å². The van der Waals surface area contributed by atoms with E-state index in [2.05, 4.69) is 11.9 Å². The van der Waals surface area contributed by atoms with E-state index in [1.54, 1.807) is 6.92 Å². The molecule has 4 saturated carbocycles. The summed E-state index contributed by atoms with van der Waals surface area (Å²) in [6, 6.07) is 0. The summed E-state index contributed by atoms with van der Waals surface area (Å²) in [6.45, 7) is 7.56. The number of carboxylic acids is 4. The lowest BCUT2D eigenvalue weighted by Crippen LogP contribution is -2.64. The van der Waals surface area contributed by atoms with E-state index in [4.69, 9.17) is 29.5 Å². The van der Waals surface area contributed by atoms with Crippen LogP contribution in [-0.2, 0) is 33.4 Å². The minimum absolute atomic E-state index is 0.0994. The summed E-state index contributed by atoms with van der Waals surface area (Å²) < 4.78 is 30.5. The number of ether oxygens (including phenoxy) is 3. The second kappa shape index (κ2) is 11.7. The molecule has 4 aliphatic rings. The highest BCUT2D eigenvalue weighted by molar-refractivity contribution is 5.93. The number of carboxylic acid groups (broad SMARTS) is 4. The van der Waals surface area contributed by atoms with Crippen molar-refractivity contribution in [2.24, 2.45) is 29.6 Å². The summed E-state index contributed by atoms with van der Waals surface area (Å²) in [5, 5.41) is 39.1. The number of nitrogens with one attached hydrogen (secondary N) is 1. The number of fused-ring (bicyclic) bond motifs is 2. The fourth-order valence-corrected chi connectivity index (χ4v) is 6.72. The number of hydrogen-bond donors (Lipinski definition) is 5. The van der Waals surface area contributed by atoms with Gasteiger partial charge in [0, 0.05) is 31.0 Å². The lowest BCUT2D eigenvalue weighted by molar-refractivity contribution is -0.158. The zero-order valence-electron chi connectivity index (χ0n) is 22.3. The van der Waals surface area contributed by atoms with E-state index in [9.17, 15) is 33.5 Å². The molecule has 0 bridgehead atoms. The van der Waals surface area contributed by atoms with Crippen molar-refractivity contribution in [3.05, 3.63) is 12.7 Å². The first-order chi connectivity index (χ1) is 18.8. The van der Waals surface area contributed by atoms with E-state index < -0.39 is 76.6 Å². The molecule has 0 saturated heterocycles.